The number of rotatable bonds is 2. The van der Waals surface area contributed by atoms with Gasteiger partial charge in [-0.15, -0.1) is 5.10 Å². The van der Waals surface area contributed by atoms with Crippen molar-refractivity contribution in [2.75, 3.05) is 0 Å². The van der Waals surface area contributed by atoms with Gasteiger partial charge in [0.15, 0.2) is 0 Å². The van der Waals surface area contributed by atoms with E-state index in [4.69, 9.17) is 34.8 Å². The van der Waals surface area contributed by atoms with Gasteiger partial charge < -0.3 is 0 Å². The summed E-state index contributed by atoms with van der Waals surface area (Å²) in [4.78, 5) is 8.88. The van der Waals surface area contributed by atoms with Crippen LogP contribution in [-0.4, -0.2) is 19.6 Å². The SMILES string of the molecule is ClC(Cl)(Cl)c1nc2nc(-c3ccccc3)cc(-c3ccccc3)n2n1. The van der Waals surface area contributed by atoms with Crippen molar-refractivity contribution in [3.63, 3.8) is 0 Å². The summed E-state index contributed by atoms with van der Waals surface area (Å²) in [6.45, 7) is 0. The molecule has 0 aliphatic heterocycles. The zero-order valence-electron chi connectivity index (χ0n) is 12.8. The average Bonchev–Trinajstić information content (AvgIpc) is 3.07. The summed E-state index contributed by atoms with van der Waals surface area (Å²) in [6, 6.07) is 21.6. The van der Waals surface area contributed by atoms with Crippen molar-refractivity contribution in [3.05, 3.63) is 72.6 Å². The lowest BCUT2D eigenvalue weighted by molar-refractivity contribution is 0.897. The maximum atomic E-state index is 5.95. The van der Waals surface area contributed by atoms with Crippen LogP contribution in [0.5, 0.6) is 0 Å². The van der Waals surface area contributed by atoms with Gasteiger partial charge in [-0.05, 0) is 6.07 Å². The van der Waals surface area contributed by atoms with Crippen LogP contribution in [0.25, 0.3) is 28.3 Å². The fourth-order valence-corrected chi connectivity index (χ4v) is 2.80. The molecule has 0 unspecified atom stereocenters. The van der Waals surface area contributed by atoms with Crippen LogP contribution in [0.1, 0.15) is 5.82 Å². The summed E-state index contributed by atoms with van der Waals surface area (Å²) in [6.07, 6.45) is 0. The van der Waals surface area contributed by atoms with Crippen molar-refractivity contribution in [2.45, 2.75) is 3.79 Å². The molecule has 2 aromatic heterocycles. The topological polar surface area (TPSA) is 43.1 Å². The molecule has 0 aliphatic carbocycles. The van der Waals surface area contributed by atoms with Gasteiger partial charge in [0.05, 0.1) is 11.4 Å². The van der Waals surface area contributed by atoms with Crippen molar-refractivity contribution < 1.29 is 0 Å². The molecule has 25 heavy (non-hydrogen) atoms. The first kappa shape index (κ1) is 16.3. The Morgan fingerprint density at radius 3 is 1.96 bits per heavy atom. The molecule has 124 valence electrons. The maximum Gasteiger partial charge on any atom is 0.253 e. The molecule has 4 rings (SSSR count). The summed E-state index contributed by atoms with van der Waals surface area (Å²) in [5.74, 6) is 0.467. The van der Waals surface area contributed by atoms with E-state index in [1.54, 1.807) is 4.52 Å². The van der Waals surface area contributed by atoms with Gasteiger partial charge in [0.2, 0.25) is 5.82 Å². The lowest BCUT2D eigenvalue weighted by atomic mass is 10.1. The lowest BCUT2D eigenvalue weighted by Gasteiger charge is -2.07. The number of benzene rings is 2. The van der Waals surface area contributed by atoms with E-state index in [1.165, 1.54) is 0 Å². The van der Waals surface area contributed by atoms with Crippen LogP contribution in [0.2, 0.25) is 0 Å². The van der Waals surface area contributed by atoms with E-state index < -0.39 is 3.79 Å². The molecule has 2 aromatic carbocycles. The number of hydrogen-bond donors (Lipinski definition) is 0. The monoisotopic (exact) mass is 388 g/mol. The molecule has 0 saturated carbocycles. The molecule has 2 heterocycles. The summed E-state index contributed by atoms with van der Waals surface area (Å²) >= 11 is 17.8. The van der Waals surface area contributed by atoms with E-state index >= 15 is 0 Å². The van der Waals surface area contributed by atoms with Crippen molar-refractivity contribution in [2.24, 2.45) is 0 Å². The molecule has 0 fully saturated rings. The average molecular weight is 390 g/mol. The van der Waals surface area contributed by atoms with E-state index in [2.05, 4.69) is 15.1 Å². The predicted molar refractivity (Wildman–Crippen MR) is 101 cm³/mol. The van der Waals surface area contributed by atoms with Crippen LogP contribution in [0, 0.1) is 0 Å². The second kappa shape index (κ2) is 6.30. The highest BCUT2D eigenvalue weighted by molar-refractivity contribution is 6.66. The second-order valence-corrected chi connectivity index (χ2v) is 7.68. The van der Waals surface area contributed by atoms with Crippen LogP contribution in [0.15, 0.2) is 66.7 Å². The van der Waals surface area contributed by atoms with Crippen LogP contribution >= 0.6 is 34.8 Å². The van der Waals surface area contributed by atoms with Gasteiger partial charge in [0.1, 0.15) is 0 Å². The normalized spacial score (nSPS) is 11.8. The third-order valence-electron chi connectivity index (χ3n) is 3.70. The van der Waals surface area contributed by atoms with Gasteiger partial charge in [0, 0.05) is 11.1 Å². The lowest BCUT2D eigenvalue weighted by Crippen LogP contribution is -2.03. The minimum atomic E-state index is -1.71. The Labute approximate surface area is 159 Å². The number of halogens is 3. The van der Waals surface area contributed by atoms with Crippen molar-refractivity contribution in [1.29, 1.82) is 0 Å². The Balaban J connectivity index is 2.01. The highest BCUT2D eigenvalue weighted by Gasteiger charge is 2.29. The van der Waals surface area contributed by atoms with E-state index in [0.717, 1.165) is 22.5 Å². The number of nitrogens with zero attached hydrogens (tertiary/aromatic N) is 4. The van der Waals surface area contributed by atoms with Crippen LogP contribution in [-0.2, 0) is 3.79 Å². The van der Waals surface area contributed by atoms with E-state index in [9.17, 15) is 0 Å². The van der Waals surface area contributed by atoms with Crippen LogP contribution < -0.4 is 0 Å². The fraction of sp³-hybridized carbons (Fsp3) is 0.0556. The first-order valence-electron chi connectivity index (χ1n) is 7.48. The maximum absolute atomic E-state index is 5.95. The molecule has 0 radical (unpaired) electrons. The summed E-state index contributed by atoms with van der Waals surface area (Å²) in [5, 5.41) is 4.34. The van der Waals surface area contributed by atoms with Crippen molar-refractivity contribution in [1.82, 2.24) is 19.6 Å². The summed E-state index contributed by atoms with van der Waals surface area (Å²) in [7, 11) is 0. The largest absolute Gasteiger partial charge is 0.253 e. The van der Waals surface area contributed by atoms with Crippen molar-refractivity contribution >= 4 is 40.6 Å². The van der Waals surface area contributed by atoms with Crippen LogP contribution in [0.4, 0.5) is 0 Å². The predicted octanol–water partition coefficient (Wildman–Crippen LogP) is 5.29. The number of aromatic nitrogens is 4. The van der Waals surface area contributed by atoms with Gasteiger partial charge in [0.25, 0.3) is 9.57 Å². The minimum Gasteiger partial charge on any atom is -0.211 e. The summed E-state index contributed by atoms with van der Waals surface area (Å²) in [5.41, 5.74) is 3.53. The molecule has 0 amide bonds. The third-order valence-corrected chi connectivity index (χ3v) is 4.21. The molecule has 0 saturated heterocycles. The number of alkyl halides is 3. The number of hydrogen-bond acceptors (Lipinski definition) is 3. The summed E-state index contributed by atoms with van der Waals surface area (Å²) < 4.78 is -0.117. The Kier molecular flexibility index (Phi) is 4.12. The van der Waals surface area contributed by atoms with Crippen molar-refractivity contribution in [3.8, 4) is 22.5 Å². The zero-order valence-corrected chi connectivity index (χ0v) is 15.0. The Bertz CT molecular complexity index is 1020. The highest BCUT2D eigenvalue weighted by atomic mass is 35.6. The number of fused-ring (bicyclic) bond motifs is 1. The Morgan fingerprint density at radius 2 is 1.36 bits per heavy atom. The van der Waals surface area contributed by atoms with E-state index in [0.29, 0.717) is 5.78 Å². The molecule has 0 bridgehead atoms. The zero-order chi connectivity index (χ0) is 17.4. The molecule has 4 nitrogen and oxygen atoms in total. The van der Waals surface area contributed by atoms with Gasteiger partial charge in [-0.25, -0.2) is 4.98 Å². The first-order valence-corrected chi connectivity index (χ1v) is 8.61. The molecule has 0 spiro atoms. The highest BCUT2D eigenvalue weighted by Crippen LogP contribution is 2.36. The molecule has 0 N–H and O–H groups in total. The van der Waals surface area contributed by atoms with Crippen LogP contribution in [0.3, 0.4) is 0 Å². The quantitative estimate of drug-likeness (QED) is 0.438. The fourth-order valence-electron chi connectivity index (χ4n) is 2.56. The van der Waals surface area contributed by atoms with Gasteiger partial charge in [-0.2, -0.15) is 9.50 Å². The van der Waals surface area contributed by atoms with Gasteiger partial charge in [-0.1, -0.05) is 95.5 Å². The van der Waals surface area contributed by atoms with Gasteiger partial charge >= 0.3 is 0 Å². The smallest absolute Gasteiger partial charge is 0.211 e. The second-order valence-electron chi connectivity index (χ2n) is 5.40. The minimum absolute atomic E-state index is 0.0902. The van der Waals surface area contributed by atoms with Gasteiger partial charge in [-0.3, -0.25) is 0 Å². The Hall–Kier alpha value is -2.14. The molecular formula is C18H11Cl3N4. The molecule has 4 aromatic rings. The van der Waals surface area contributed by atoms with E-state index in [-0.39, 0.29) is 5.82 Å². The van der Waals surface area contributed by atoms with E-state index in [1.807, 2.05) is 66.7 Å². The molecule has 0 aliphatic rings. The molecule has 7 heteroatoms. The molecular weight excluding hydrogens is 379 g/mol. The standard InChI is InChI=1S/C18H11Cl3N4/c19-18(20,21)16-23-17-22-14(12-7-3-1-4-8-12)11-15(25(17)24-16)13-9-5-2-6-10-13/h1-11H. The Morgan fingerprint density at radius 1 is 0.760 bits per heavy atom. The third kappa shape index (κ3) is 3.21. The molecule has 0 atom stereocenters. The first-order chi connectivity index (χ1) is 12.0.